The Morgan fingerprint density at radius 3 is 3.18 bits per heavy atom. The van der Waals surface area contributed by atoms with Gasteiger partial charge in [-0.1, -0.05) is 6.07 Å². The predicted molar refractivity (Wildman–Crippen MR) is 70.0 cm³/mol. The summed E-state index contributed by atoms with van der Waals surface area (Å²) >= 11 is 2.03. The number of pyridine rings is 1. The number of nitrogens with two attached hydrogens (primary N) is 1. The quantitative estimate of drug-likeness (QED) is 0.894. The Morgan fingerprint density at radius 1 is 1.47 bits per heavy atom. The standard InChI is InChI=1S/C12H16N4S/c13-7-10-2-1-3-12-14-11(15-16(10)12)6-9-4-5-17-8-9/h1-3,9H,4-8,13H2. The average molecular weight is 248 g/mol. The van der Waals surface area contributed by atoms with Crippen molar-refractivity contribution in [3.05, 3.63) is 29.7 Å². The lowest BCUT2D eigenvalue weighted by atomic mass is 10.1. The molecule has 0 amide bonds. The zero-order valence-corrected chi connectivity index (χ0v) is 10.5. The maximum atomic E-state index is 5.70. The van der Waals surface area contributed by atoms with Crippen LogP contribution in [0.2, 0.25) is 0 Å². The van der Waals surface area contributed by atoms with Crippen molar-refractivity contribution in [2.45, 2.75) is 19.4 Å². The second-order valence-electron chi connectivity index (χ2n) is 4.45. The van der Waals surface area contributed by atoms with E-state index in [1.165, 1.54) is 17.9 Å². The predicted octanol–water partition coefficient (Wildman–Crippen LogP) is 1.48. The topological polar surface area (TPSA) is 56.2 Å². The molecular formula is C12H16N4S. The molecule has 4 nitrogen and oxygen atoms in total. The minimum atomic E-state index is 0.499. The summed E-state index contributed by atoms with van der Waals surface area (Å²) in [5.41, 5.74) is 7.62. The number of rotatable bonds is 3. The van der Waals surface area contributed by atoms with E-state index >= 15 is 0 Å². The van der Waals surface area contributed by atoms with Crippen molar-refractivity contribution >= 4 is 17.4 Å². The number of fused-ring (bicyclic) bond motifs is 1. The number of thioether (sulfide) groups is 1. The van der Waals surface area contributed by atoms with Gasteiger partial charge in [0, 0.05) is 13.0 Å². The first-order chi connectivity index (χ1) is 8.36. The van der Waals surface area contributed by atoms with Crippen LogP contribution in [0.4, 0.5) is 0 Å². The van der Waals surface area contributed by atoms with Crippen molar-refractivity contribution in [2.75, 3.05) is 11.5 Å². The van der Waals surface area contributed by atoms with Crippen molar-refractivity contribution in [1.29, 1.82) is 0 Å². The molecule has 0 aromatic carbocycles. The van der Waals surface area contributed by atoms with Gasteiger partial charge < -0.3 is 5.73 Å². The highest BCUT2D eigenvalue weighted by Gasteiger charge is 2.18. The Bertz CT molecular complexity index is 516. The fourth-order valence-electron chi connectivity index (χ4n) is 2.25. The van der Waals surface area contributed by atoms with Crippen molar-refractivity contribution < 1.29 is 0 Å². The summed E-state index contributed by atoms with van der Waals surface area (Å²) in [6.07, 6.45) is 2.29. The van der Waals surface area contributed by atoms with Gasteiger partial charge in [-0.15, -0.1) is 0 Å². The van der Waals surface area contributed by atoms with Gasteiger partial charge in [-0.25, -0.2) is 9.50 Å². The van der Waals surface area contributed by atoms with Crippen LogP contribution in [-0.4, -0.2) is 26.1 Å². The van der Waals surface area contributed by atoms with Gasteiger partial charge in [0.1, 0.15) is 0 Å². The largest absolute Gasteiger partial charge is 0.325 e. The van der Waals surface area contributed by atoms with E-state index in [-0.39, 0.29) is 0 Å². The van der Waals surface area contributed by atoms with Crippen LogP contribution >= 0.6 is 11.8 Å². The highest BCUT2D eigenvalue weighted by molar-refractivity contribution is 7.99. The molecule has 0 saturated carbocycles. The molecule has 3 heterocycles. The third-order valence-corrected chi connectivity index (χ3v) is 4.42. The number of nitrogens with zero attached hydrogens (tertiary/aromatic N) is 3. The van der Waals surface area contributed by atoms with E-state index in [9.17, 15) is 0 Å². The third-order valence-electron chi connectivity index (χ3n) is 3.19. The lowest BCUT2D eigenvalue weighted by molar-refractivity contribution is 0.575. The van der Waals surface area contributed by atoms with E-state index in [2.05, 4.69) is 10.1 Å². The minimum absolute atomic E-state index is 0.499. The molecule has 0 bridgehead atoms. The van der Waals surface area contributed by atoms with Gasteiger partial charge in [0.05, 0.1) is 5.69 Å². The van der Waals surface area contributed by atoms with E-state index in [0.717, 1.165) is 29.5 Å². The van der Waals surface area contributed by atoms with Crippen molar-refractivity contribution in [3.8, 4) is 0 Å². The molecule has 1 aliphatic heterocycles. The minimum Gasteiger partial charge on any atom is -0.325 e. The first kappa shape index (κ1) is 11.0. The molecule has 17 heavy (non-hydrogen) atoms. The summed E-state index contributed by atoms with van der Waals surface area (Å²) in [6.45, 7) is 0.499. The van der Waals surface area contributed by atoms with Gasteiger partial charge >= 0.3 is 0 Å². The van der Waals surface area contributed by atoms with Crippen LogP contribution in [0.5, 0.6) is 0 Å². The maximum Gasteiger partial charge on any atom is 0.155 e. The lowest BCUT2D eigenvalue weighted by Crippen LogP contribution is -2.06. The molecule has 0 spiro atoms. The fraction of sp³-hybridized carbons (Fsp3) is 0.500. The van der Waals surface area contributed by atoms with E-state index in [4.69, 9.17) is 5.73 Å². The molecule has 0 aliphatic carbocycles. The Balaban J connectivity index is 1.90. The molecule has 90 valence electrons. The van der Waals surface area contributed by atoms with Crippen molar-refractivity contribution in [2.24, 2.45) is 11.7 Å². The summed E-state index contributed by atoms with van der Waals surface area (Å²) < 4.78 is 1.87. The summed E-state index contributed by atoms with van der Waals surface area (Å²) in [5, 5.41) is 4.56. The highest BCUT2D eigenvalue weighted by atomic mass is 32.2. The van der Waals surface area contributed by atoms with E-state index in [0.29, 0.717) is 6.54 Å². The number of aromatic nitrogens is 3. The molecule has 1 fully saturated rings. The Kier molecular flexibility index (Phi) is 3.03. The van der Waals surface area contributed by atoms with Crippen LogP contribution in [0, 0.1) is 5.92 Å². The zero-order valence-electron chi connectivity index (χ0n) is 9.67. The molecule has 2 N–H and O–H groups in total. The lowest BCUT2D eigenvalue weighted by Gasteiger charge is -2.02. The normalized spacial score (nSPS) is 20.2. The summed E-state index contributed by atoms with van der Waals surface area (Å²) in [4.78, 5) is 4.57. The van der Waals surface area contributed by atoms with E-state index < -0.39 is 0 Å². The average Bonchev–Trinajstić information content (AvgIpc) is 2.97. The molecule has 1 unspecified atom stereocenters. The Hall–Kier alpha value is -1.07. The van der Waals surface area contributed by atoms with Crippen LogP contribution < -0.4 is 5.73 Å². The molecule has 1 saturated heterocycles. The van der Waals surface area contributed by atoms with Crippen LogP contribution in [0.3, 0.4) is 0 Å². The highest BCUT2D eigenvalue weighted by Crippen LogP contribution is 2.25. The number of hydrogen-bond acceptors (Lipinski definition) is 4. The molecule has 1 aliphatic rings. The first-order valence-corrected chi connectivity index (χ1v) is 7.13. The molecule has 2 aromatic rings. The molecule has 2 aromatic heterocycles. The Morgan fingerprint density at radius 2 is 2.41 bits per heavy atom. The summed E-state index contributed by atoms with van der Waals surface area (Å²) in [5.74, 6) is 4.24. The SMILES string of the molecule is NCc1cccc2nc(CC3CCSC3)nn12. The van der Waals surface area contributed by atoms with Crippen LogP contribution in [0.15, 0.2) is 18.2 Å². The van der Waals surface area contributed by atoms with Crippen LogP contribution in [-0.2, 0) is 13.0 Å². The molecule has 3 rings (SSSR count). The van der Waals surface area contributed by atoms with Gasteiger partial charge in [-0.2, -0.15) is 16.9 Å². The fourth-order valence-corrected chi connectivity index (χ4v) is 3.53. The van der Waals surface area contributed by atoms with Gasteiger partial charge in [0.2, 0.25) is 0 Å². The second kappa shape index (κ2) is 4.66. The molecule has 1 atom stereocenters. The van der Waals surface area contributed by atoms with Crippen molar-refractivity contribution in [1.82, 2.24) is 14.6 Å². The maximum absolute atomic E-state index is 5.70. The first-order valence-electron chi connectivity index (χ1n) is 5.98. The van der Waals surface area contributed by atoms with Gasteiger partial charge in [0.25, 0.3) is 0 Å². The summed E-state index contributed by atoms with van der Waals surface area (Å²) in [7, 11) is 0. The Labute approximate surface area is 105 Å². The van der Waals surface area contributed by atoms with Gasteiger partial charge in [0.15, 0.2) is 11.5 Å². The number of hydrogen-bond donors (Lipinski definition) is 1. The molecule has 5 heteroatoms. The van der Waals surface area contributed by atoms with Crippen LogP contribution in [0.1, 0.15) is 17.9 Å². The molecule has 0 radical (unpaired) electrons. The van der Waals surface area contributed by atoms with E-state index in [1.54, 1.807) is 0 Å². The zero-order chi connectivity index (χ0) is 11.7. The molecular weight excluding hydrogens is 232 g/mol. The van der Waals surface area contributed by atoms with Crippen molar-refractivity contribution in [3.63, 3.8) is 0 Å². The third kappa shape index (κ3) is 2.17. The van der Waals surface area contributed by atoms with Gasteiger partial charge in [-0.05, 0) is 36.0 Å². The second-order valence-corrected chi connectivity index (χ2v) is 5.60. The van der Waals surface area contributed by atoms with E-state index in [1.807, 2.05) is 34.5 Å². The summed E-state index contributed by atoms with van der Waals surface area (Å²) in [6, 6.07) is 5.97. The smallest absolute Gasteiger partial charge is 0.155 e. The monoisotopic (exact) mass is 248 g/mol. The van der Waals surface area contributed by atoms with Gasteiger partial charge in [-0.3, -0.25) is 0 Å². The van der Waals surface area contributed by atoms with Crippen LogP contribution in [0.25, 0.3) is 5.65 Å².